The number of hydrogen-bond acceptors (Lipinski definition) is 13. The van der Waals surface area contributed by atoms with Crippen LogP contribution in [0, 0.1) is 0 Å². The fourth-order valence-electron chi connectivity index (χ4n) is 5.17. The summed E-state index contributed by atoms with van der Waals surface area (Å²) in [6.07, 6.45) is -3.14. The monoisotopic (exact) mass is 614 g/mol. The fourth-order valence-corrected chi connectivity index (χ4v) is 5.17. The van der Waals surface area contributed by atoms with Crippen LogP contribution in [0.5, 0.6) is 23.0 Å². The van der Waals surface area contributed by atoms with E-state index in [1.165, 1.54) is 48.5 Å². The summed E-state index contributed by atoms with van der Waals surface area (Å²) < 4.78 is 33.4. The maximum Gasteiger partial charge on any atom is 0.379 e. The second kappa shape index (κ2) is 10.6. The maximum absolute atomic E-state index is 13.2. The molecule has 4 N–H and O–H groups in total. The summed E-state index contributed by atoms with van der Waals surface area (Å²) >= 11 is 0. The Bertz CT molecular complexity index is 2300. The Hall–Kier alpha value is -5.47. The summed E-state index contributed by atoms with van der Waals surface area (Å²) in [7, 11) is 0. The third-order valence-corrected chi connectivity index (χ3v) is 7.50. The number of fused-ring (bicyclic) bond motifs is 3. The van der Waals surface area contributed by atoms with E-state index in [9.17, 15) is 34.8 Å². The van der Waals surface area contributed by atoms with Gasteiger partial charge in [0.2, 0.25) is 12.0 Å². The third-order valence-electron chi connectivity index (χ3n) is 7.50. The van der Waals surface area contributed by atoms with Crippen LogP contribution in [-0.2, 0) is 4.74 Å². The molecule has 1 fully saturated rings. The molecule has 13 nitrogen and oxygen atoms in total. The topological polar surface area (TPSA) is 199 Å². The number of aromatic hydroxyl groups is 1. The normalized spacial score (nSPS) is 19.8. The van der Waals surface area contributed by atoms with Gasteiger partial charge >= 0.3 is 16.9 Å². The smallest absolute Gasteiger partial charge is 0.379 e. The van der Waals surface area contributed by atoms with Gasteiger partial charge in [0.05, 0.1) is 24.3 Å². The van der Waals surface area contributed by atoms with E-state index in [1.54, 1.807) is 24.3 Å². The van der Waals surface area contributed by atoms with Gasteiger partial charge in [-0.1, -0.05) is 0 Å². The Morgan fingerprint density at radius 1 is 0.778 bits per heavy atom. The predicted molar refractivity (Wildman–Crippen MR) is 157 cm³/mol. The first kappa shape index (κ1) is 28.3. The van der Waals surface area contributed by atoms with Crippen LogP contribution in [0.4, 0.5) is 0 Å². The van der Waals surface area contributed by atoms with Crippen LogP contribution in [-0.4, -0.2) is 51.6 Å². The zero-order valence-electron chi connectivity index (χ0n) is 23.0. The van der Waals surface area contributed by atoms with Gasteiger partial charge in [-0.15, -0.1) is 0 Å². The summed E-state index contributed by atoms with van der Waals surface area (Å²) in [5.74, 6) is -0.491. The van der Waals surface area contributed by atoms with Crippen LogP contribution in [0.3, 0.4) is 0 Å². The minimum Gasteiger partial charge on any atom is -0.507 e. The molecule has 3 aromatic carbocycles. The highest BCUT2D eigenvalue weighted by Crippen LogP contribution is 2.46. The lowest BCUT2D eigenvalue weighted by Crippen LogP contribution is -2.48. The molecule has 1 aliphatic rings. The molecular formula is C32H22O13. The first-order valence-electron chi connectivity index (χ1n) is 13.5. The number of phenolic OH excluding ortho intramolecular Hbond substituents is 1. The number of hydrogen-bond donors (Lipinski definition) is 4. The summed E-state index contributed by atoms with van der Waals surface area (Å²) in [4.78, 5) is 37.2. The van der Waals surface area contributed by atoms with Crippen molar-refractivity contribution in [1.29, 1.82) is 0 Å². The van der Waals surface area contributed by atoms with E-state index in [0.717, 1.165) is 0 Å². The van der Waals surface area contributed by atoms with Crippen molar-refractivity contribution in [3.05, 3.63) is 104 Å². The Kier molecular flexibility index (Phi) is 6.67. The van der Waals surface area contributed by atoms with Gasteiger partial charge in [0.1, 0.15) is 40.1 Å². The molecule has 7 rings (SSSR count). The molecule has 3 atom stereocenters. The SMILES string of the molecule is O=c1ccc2ccc(Oc3cc4ccc(O)c(-c5c(O[C@@H]6OC[C@@](O)(CO)[C@@H]6O)ccc6ccc(=O)oc56)c4oc3=O)cc2o1. The minimum atomic E-state index is -1.99. The van der Waals surface area contributed by atoms with Crippen LogP contribution in [0.2, 0.25) is 0 Å². The summed E-state index contributed by atoms with van der Waals surface area (Å²) in [5, 5.41) is 43.0. The van der Waals surface area contributed by atoms with E-state index in [1.807, 2.05) is 0 Å². The lowest BCUT2D eigenvalue weighted by atomic mass is 9.98. The number of aliphatic hydroxyl groups is 3. The highest BCUT2D eigenvalue weighted by atomic mass is 16.7. The van der Waals surface area contributed by atoms with Crippen molar-refractivity contribution in [2.45, 2.75) is 18.0 Å². The highest BCUT2D eigenvalue weighted by molar-refractivity contribution is 6.05. The van der Waals surface area contributed by atoms with Gasteiger partial charge in [-0.25, -0.2) is 14.4 Å². The van der Waals surface area contributed by atoms with Crippen LogP contribution in [0.1, 0.15) is 0 Å². The molecule has 1 aliphatic heterocycles. The van der Waals surface area contributed by atoms with E-state index in [4.69, 9.17) is 27.5 Å². The van der Waals surface area contributed by atoms with Crippen molar-refractivity contribution in [2.24, 2.45) is 0 Å². The number of benzene rings is 3. The van der Waals surface area contributed by atoms with Crippen LogP contribution in [0.15, 0.2) is 100 Å². The molecule has 228 valence electrons. The molecule has 13 heteroatoms. The van der Waals surface area contributed by atoms with Gasteiger partial charge in [-0.2, -0.15) is 0 Å². The number of aliphatic hydroxyl groups excluding tert-OH is 2. The molecular weight excluding hydrogens is 592 g/mol. The molecule has 45 heavy (non-hydrogen) atoms. The Labute approximate surface area is 250 Å². The molecule has 0 spiro atoms. The number of phenols is 1. The average molecular weight is 615 g/mol. The molecule has 0 bridgehead atoms. The largest absolute Gasteiger partial charge is 0.507 e. The van der Waals surface area contributed by atoms with Crippen LogP contribution < -0.4 is 26.4 Å². The molecule has 0 amide bonds. The molecule has 0 saturated carbocycles. The second-order valence-electron chi connectivity index (χ2n) is 10.4. The molecule has 3 aromatic heterocycles. The molecule has 1 saturated heterocycles. The maximum atomic E-state index is 13.2. The standard InChI is InChI=1S/C32H22O13/c33-13-32(39)14-40-31(29(32)37)43-20-8-3-16-5-10-24(36)44-27(16)26(20)25-19(34)7-2-17-11-22(30(38)45-28(17)25)41-18-6-1-15-4-9-23(35)42-21(15)12-18/h1-12,29,31,33-34,37,39H,13-14H2/t29-,31+,32+/m1/s1. The number of rotatable bonds is 6. The average Bonchev–Trinajstić information content (AvgIpc) is 3.31. The second-order valence-corrected chi connectivity index (χ2v) is 10.4. The molecule has 6 aromatic rings. The Balaban J connectivity index is 1.37. The van der Waals surface area contributed by atoms with Gasteiger partial charge in [0.15, 0.2) is 5.58 Å². The van der Waals surface area contributed by atoms with Crippen molar-refractivity contribution in [3.8, 4) is 34.1 Å². The molecule has 0 radical (unpaired) electrons. The summed E-state index contributed by atoms with van der Waals surface area (Å²) in [6.45, 7) is -1.24. The fraction of sp³-hybridized carbons (Fsp3) is 0.156. The van der Waals surface area contributed by atoms with Crippen molar-refractivity contribution in [1.82, 2.24) is 0 Å². The number of ether oxygens (including phenoxy) is 3. The zero-order chi connectivity index (χ0) is 31.5. The quantitative estimate of drug-likeness (QED) is 0.200. The minimum absolute atomic E-state index is 0.0232. The van der Waals surface area contributed by atoms with Crippen LogP contribution >= 0.6 is 0 Å². The lowest BCUT2D eigenvalue weighted by molar-refractivity contribution is -0.115. The molecule has 0 aliphatic carbocycles. The predicted octanol–water partition coefficient (Wildman–Crippen LogP) is 2.99. The van der Waals surface area contributed by atoms with Crippen molar-refractivity contribution < 1.29 is 47.9 Å². The van der Waals surface area contributed by atoms with Crippen molar-refractivity contribution in [3.63, 3.8) is 0 Å². The van der Waals surface area contributed by atoms with E-state index < -0.39 is 48.1 Å². The molecule has 0 unspecified atom stereocenters. The first-order valence-corrected chi connectivity index (χ1v) is 13.5. The van der Waals surface area contributed by atoms with Gasteiger partial charge in [0.25, 0.3) is 0 Å². The van der Waals surface area contributed by atoms with Crippen molar-refractivity contribution >= 4 is 32.9 Å². The van der Waals surface area contributed by atoms with Gasteiger partial charge in [-0.05, 0) is 54.6 Å². The zero-order valence-corrected chi connectivity index (χ0v) is 23.0. The first-order chi connectivity index (χ1) is 21.6. The van der Waals surface area contributed by atoms with Gasteiger partial charge in [-0.3, -0.25) is 0 Å². The summed E-state index contributed by atoms with van der Waals surface area (Å²) in [5.41, 5.74) is -4.25. The van der Waals surface area contributed by atoms with E-state index >= 15 is 0 Å². The third kappa shape index (κ3) is 4.89. The molecule has 4 heterocycles. The highest BCUT2D eigenvalue weighted by Gasteiger charge is 2.49. The summed E-state index contributed by atoms with van der Waals surface area (Å²) in [6, 6.07) is 17.4. The van der Waals surface area contributed by atoms with E-state index in [0.29, 0.717) is 10.8 Å². The van der Waals surface area contributed by atoms with E-state index in [-0.39, 0.29) is 56.3 Å². The van der Waals surface area contributed by atoms with Gasteiger partial charge in [0, 0.05) is 34.4 Å². The van der Waals surface area contributed by atoms with E-state index in [2.05, 4.69) is 0 Å². The lowest BCUT2D eigenvalue weighted by Gasteiger charge is -2.24. The van der Waals surface area contributed by atoms with Gasteiger partial charge < -0.3 is 47.9 Å². The van der Waals surface area contributed by atoms with Crippen molar-refractivity contribution in [2.75, 3.05) is 13.2 Å². The Morgan fingerprint density at radius 2 is 1.47 bits per heavy atom. The van der Waals surface area contributed by atoms with Crippen LogP contribution in [0.25, 0.3) is 44.0 Å². The Morgan fingerprint density at radius 3 is 2.24 bits per heavy atom.